The number of pyridine rings is 1. The lowest BCUT2D eigenvalue weighted by atomic mass is 10.1. The van der Waals surface area contributed by atoms with Crippen LogP contribution in [0.3, 0.4) is 0 Å². The fourth-order valence-corrected chi connectivity index (χ4v) is 5.88. The molecule has 2 heterocycles. The van der Waals surface area contributed by atoms with E-state index in [0.717, 1.165) is 39.7 Å². The van der Waals surface area contributed by atoms with Gasteiger partial charge < -0.3 is 14.8 Å². The SMILES string of the molecule is COc1cc(S(=O)(=O)N2CCOCC2)ccc1Cc1cc(NC2CC2)c2c(n1)CC=C2Cl. The van der Waals surface area contributed by atoms with E-state index in [9.17, 15) is 8.42 Å². The second kappa shape index (κ2) is 8.67. The van der Waals surface area contributed by atoms with Crippen molar-refractivity contribution in [2.24, 2.45) is 0 Å². The van der Waals surface area contributed by atoms with Gasteiger partial charge >= 0.3 is 0 Å². The summed E-state index contributed by atoms with van der Waals surface area (Å²) in [6.45, 7) is 1.54. The first-order chi connectivity index (χ1) is 15.5. The molecule has 0 amide bonds. The van der Waals surface area contributed by atoms with E-state index in [-0.39, 0.29) is 4.90 Å². The molecule has 2 aliphatic carbocycles. The molecule has 32 heavy (non-hydrogen) atoms. The highest BCUT2D eigenvalue weighted by Crippen LogP contribution is 2.38. The first-order valence-electron chi connectivity index (χ1n) is 10.9. The Morgan fingerprint density at radius 3 is 2.75 bits per heavy atom. The molecule has 3 aliphatic rings. The summed E-state index contributed by atoms with van der Waals surface area (Å²) in [6, 6.07) is 7.63. The number of methoxy groups -OCH3 is 1. The molecule has 1 aliphatic heterocycles. The molecule has 0 atom stereocenters. The highest BCUT2D eigenvalue weighted by molar-refractivity contribution is 7.89. The largest absolute Gasteiger partial charge is 0.496 e. The van der Waals surface area contributed by atoms with Crippen molar-refractivity contribution < 1.29 is 17.9 Å². The van der Waals surface area contributed by atoms with Crippen LogP contribution in [0.4, 0.5) is 5.69 Å². The van der Waals surface area contributed by atoms with Crippen molar-refractivity contribution in [1.82, 2.24) is 9.29 Å². The highest BCUT2D eigenvalue weighted by atomic mass is 35.5. The van der Waals surface area contributed by atoms with Crippen molar-refractivity contribution >= 4 is 32.3 Å². The van der Waals surface area contributed by atoms with Gasteiger partial charge in [-0.1, -0.05) is 23.7 Å². The van der Waals surface area contributed by atoms with Gasteiger partial charge in [0.1, 0.15) is 5.75 Å². The summed E-state index contributed by atoms with van der Waals surface area (Å²) in [4.78, 5) is 5.07. The normalized spacial score (nSPS) is 18.9. The maximum absolute atomic E-state index is 13.0. The Kier molecular flexibility index (Phi) is 5.88. The molecule has 1 aromatic carbocycles. The zero-order chi connectivity index (χ0) is 22.3. The van der Waals surface area contributed by atoms with Gasteiger partial charge in [-0.2, -0.15) is 4.31 Å². The van der Waals surface area contributed by atoms with E-state index in [0.29, 0.717) is 44.5 Å². The van der Waals surface area contributed by atoms with E-state index >= 15 is 0 Å². The minimum atomic E-state index is -3.59. The fraction of sp³-hybridized carbons (Fsp3) is 0.435. The summed E-state index contributed by atoms with van der Waals surface area (Å²) in [7, 11) is -2.03. The third-order valence-electron chi connectivity index (χ3n) is 6.04. The van der Waals surface area contributed by atoms with E-state index in [1.54, 1.807) is 19.2 Å². The molecule has 0 bridgehead atoms. The number of anilines is 1. The first kappa shape index (κ1) is 21.7. The van der Waals surface area contributed by atoms with E-state index in [4.69, 9.17) is 26.1 Å². The van der Waals surface area contributed by atoms with Crippen LogP contribution in [0, 0.1) is 0 Å². The number of ether oxygens (including phenoxy) is 2. The van der Waals surface area contributed by atoms with Gasteiger partial charge in [0.25, 0.3) is 0 Å². The molecule has 2 aromatic rings. The maximum atomic E-state index is 13.0. The van der Waals surface area contributed by atoms with Crippen molar-refractivity contribution in [3.63, 3.8) is 0 Å². The summed E-state index contributed by atoms with van der Waals surface area (Å²) in [5.41, 5.74) is 4.78. The average molecular weight is 476 g/mol. The zero-order valence-electron chi connectivity index (χ0n) is 17.9. The molecular weight excluding hydrogens is 450 g/mol. The number of allylic oxidation sites excluding steroid dienone is 1. The Balaban J connectivity index is 1.43. The van der Waals surface area contributed by atoms with Crippen LogP contribution in [0.2, 0.25) is 0 Å². The topological polar surface area (TPSA) is 80.8 Å². The summed E-state index contributed by atoms with van der Waals surface area (Å²) >= 11 is 6.43. The van der Waals surface area contributed by atoms with Crippen molar-refractivity contribution in [3.8, 4) is 5.75 Å². The highest BCUT2D eigenvalue weighted by Gasteiger charge is 2.28. The number of nitrogens with zero attached hydrogens (tertiary/aromatic N) is 2. The molecule has 1 saturated carbocycles. The Hall–Kier alpha value is -2.13. The van der Waals surface area contributed by atoms with Crippen LogP contribution >= 0.6 is 11.6 Å². The van der Waals surface area contributed by atoms with Gasteiger partial charge in [0.2, 0.25) is 10.0 Å². The third kappa shape index (κ3) is 4.24. The van der Waals surface area contributed by atoms with Crippen molar-refractivity contribution in [3.05, 3.63) is 52.9 Å². The van der Waals surface area contributed by atoms with E-state index in [2.05, 4.69) is 11.4 Å². The van der Waals surface area contributed by atoms with Gasteiger partial charge in [-0.25, -0.2) is 8.42 Å². The van der Waals surface area contributed by atoms with E-state index in [1.165, 1.54) is 17.1 Å². The van der Waals surface area contributed by atoms with Gasteiger partial charge in [-0.15, -0.1) is 0 Å². The van der Waals surface area contributed by atoms with Gasteiger partial charge in [0, 0.05) is 65.6 Å². The molecule has 5 rings (SSSR count). The second-order valence-electron chi connectivity index (χ2n) is 8.32. The lowest BCUT2D eigenvalue weighted by Crippen LogP contribution is -2.40. The van der Waals surface area contributed by atoms with Crippen LogP contribution in [0.5, 0.6) is 5.75 Å². The number of hydrogen-bond acceptors (Lipinski definition) is 6. The fourth-order valence-electron chi connectivity index (χ4n) is 4.17. The van der Waals surface area contributed by atoms with E-state index < -0.39 is 10.0 Å². The van der Waals surface area contributed by atoms with Gasteiger partial charge in [0.05, 0.1) is 30.9 Å². The monoisotopic (exact) mass is 475 g/mol. The molecule has 1 saturated heterocycles. The number of benzene rings is 1. The molecular formula is C23H26ClN3O4S. The van der Waals surface area contributed by atoms with E-state index in [1.807, 2.05) is 12.1 Å². The molecule has 0 unspecified atom stereocenters. The van der Waals surface area contributed by atoms with Crippen LogP contribution in [0.25, 0.3) is 5.03 Å². The number of morpholine rings is 1. The Morgan fingerprint density at radius 2 is 2.03 bits per heavy atom. The van der Waals surface area contributed by atoms with Crippen molar-refractivity contribution in [2.75, 3.05) is 38.7 Å². The molecule has 2 fully saturated rings. The number of sulfonamides is 1. The molecule has 9 heteroatoms. The summed E-state index contributed by atoms with van der Waals surface area (Å²) in [5.74, 6) is 0.537. The van der Waals surface area contributed by atoms with Crippen molar-refractivity contribution in [2.45, 2.75) is 36.6 Å². The molecule has 1 aromatic heterocycles. The van der Waals surface area contributed by atoms with Crippen LogP contribution in [-0.2, 0) is 27.6 Å². The Bertz CT molecular complexity index is 1170. The number of rotatable bonds is 7. The number of nitrogens with one attached hydrogen (secondary N) is 1. The van der Waals surface area contributed by atoms with Crippen molar-refractivity contribution in [1.29, 1.82) is 0 Å². The quantitative estimate of drug-likeness (QED) is 0.661. The smallest absolute Gasteiger partial charge is 0.243 e. The molecule has 1 N–H and O–H groups in total. The molecule has 0 spiro atoms. The van der Waals surface area contributed by atoms with Crippen LogP contribution < -0.4 is 10.1 Å². The van der Waals surface area contributed by atoms with Gasteiger partial charge in [-0.3, -0.25) is 4.98 Å². The predicted molar refractivity (Wildman–Crippen MR) is 124 cm³/mol. The van der Waals surface area contributed by atoms with Gasteiger partial charge in [0.15, 0.2) is 0 Å². The minimum absolute atomic E-state index is 0.231. The number of aromatic nitrogens is 1. The average Bonchev–Trinajstić information content (AvgIpc) is 3.54. The predicted octanol–water partition coefficient (Wildman–Crippen LogP) is 3.41. The Morgan fingerprint density at radius 1 is 1.25 bits per heavy atom. The summed E-state index contributed by atoms with van der Waals surface area (Å²) < 4.78 is 38.3. The second-order valence-corrected chi connectivity index (χ2v) is 10.7. The number of halogens is 1. The third-order valence-corrected chi connectivity index (χ3v) is 8.27. The maximum Gasteiger partial charge on any atom is 0.243 e. The lowest BCUT2D eigenvalue weighted by Gasteiger charge is -2.26. The summed E-state index contributed by atoms with van der Waals surface area (Å²) in [5, 5.41) is 4.32. The zero-order valence-corrected chi connectivity index (χ0v) is 19.5. The summed E-state index contributed by atoms with van der Waals surface area (Å²) in [6.07, 6.45) is 5.58. The first-order valence-corrected chi connectivity index (χ1v) is 12.7. The van der Waals surface area contributed by atoms with Gasteiger partial charge in [-0.05, 0) is 25.0 Å². The van der Waals surface area contributed by atoms with Crippen LogP contribution in [0.1, 0.15) is 35.4 Å². The minimum Gasteiger partial charge on any atom is -0.496 e. The van der Waals surface area contributed by atoms with Crippen LogP contribution in [0.15, 0.2) is 35.2 Å². The number of hydrogen-bond donors (Lipinski definition) is 1. The van der Waals surface area contributed by atoms with Crippen LogP contribution in [-0.4, -0.2) is 57.2 Å². The molecule has 170 valence electrons. The molecule has 7 nitrogen and oxygen atoms in total. The Labute approximate surface area is 193 Å². The standard InChI is InChI=1S/C23H26ClN3O4S/c1-30-22-14-18(32(28,29)27-8-10-31-11-9-27)5-2-15(22)12-17-13-21(25-16-3-4-16)23-19(24)6-7-20(23)26-17/h2,5-6,13-14,16H,3-4,7-12H2,1H3,(H,25,26). The molecule has 0 radical (unpaired) electrons. The number of fused-ring (bicyclic) bond motifs is 1. The lowest BCUT2D eigenvalue weighted by molar-refractivity contribution is 0.0730.